The van der Waals surface area contributed by atoms with Gasteiger partial charge in [-0.2, -0.15) is 0 Å². The summed E-state index contributed by atoms with van der Waals surface area (Å²) in [5, 5.41) is 13.9. The Kier molecular flexibility index (Phi) is 4.05. The minimum Gasteiger partial charge on any atom is -0.482 e. The third-order valence-corrected chi connectivity index (χ3v) is 3.07. The second kappa shape index (κ2) is 6.30. The molecule has 118 valence electrons. The van der Waals surface area contributed by atoms with Gasteiger partial charge < -0.3 is 14.6 Å². The van der Waals surface area contributed by atoms with E-state index < -0.39 is 0 Å². The number of aryl methyl sites for hydroxylation is 2. The number of aromatic nitrogens is 4. The standard InChI is InChI=1S/C15H15N5O3/c1-10-3-4-13(12(5-10)20-8-16-17-9-20)22-7-15(21)18-14-6-11(2)23-19-14/h3-6,8-9H,7H2,1-2H3,(H,18,19,21). The molecule has 3 aromatic rings. The SMILES string of the molecule is Cc1ccc(OCC(=O)Nc2cc(C)on2)c(-n2cnnc2)c1. The summed E-state index contributed by atoms with van der Waals surface area (Å²) in [5.74, 6) is 1.21. The molecule has 1 amide bonds. The Morgan fingerprint density at radius 2 is 2.04 bits per heavy atom. The van der Waals surface area contributed by atoms with Gasteiger partial charge in [0.2, 0.25) is 0 Å². The molecule has 0 aliphatic heterocycles. The molecule has 0 unspecified atom stereocenters. The molecule has 23 heavy (non-hydrogen) atoms. The van der Waals surface area contributed by atoms with E-state index in [1.807, 2.05) is 19.1 Å². The van der Waals surface area contributed by atoms with Crippen molar-refractivity contribution in [3.63, 3.8) is 0 Å². The van der Waals surface area contributed by atoms with E-state index >= 15 is 0 Å². The topological polar surface area (TPSA) is 95.1 Å². The molecular formula is C15H15N5O3. The summed E-state index contributed by atoms with van der Waals surface area (Å²) in [4.78, 5) is 11.9. The number of nitrogens with zero attached hydrogens (tertiary/aromatic N) is 4. The van der Waals surface area contributed by atoms with Gasteiger partial charge >= 0.3 is 0 Å². The first kappa shape index (κ1) is 14.8. The molecule has 0 bridgehead atoms. The molecule has 1 aromatic carbocycles. The summed E-state index contributed by atoms with van der Waals surface area (Å²) in [7, 11) is 0. The number of ether oxygens (including phenoxy) is 1. The van der Waals surface area contributed by atoms with Crippen LogP contribution in [-0.4, -0.2) is 32.4 Å². The second-order valence-electron chi connectivity index (χ2n) is 5.00. The lowest BCUT2D eigenvalue weighted by Gasteiger charge is -2.12. The molecule has 3 rings (SSSR count). The summed E-state index contributed by atoms with van der Waals surface area (Å²) in [6, 6.07) is 7.27. The molecule has 1 N–H and O–H groups in total. The molecule has 8 nitrogen and oxygen atoms in total. The first-order valence-corrected chi connectivity index (χ1v) is 6.93. The van der Waals surface area contributed by atoms with Crippen molar-refractivity contribution < 1.29 is 14.1 Å². The van der Waals surface area contributed by atoms with Crippen molar-refractivity contribution in [2.75, 3.05) is 11.9 Å². The average Bonchev–Trinajstić information content (AvgIpc) is 3.18. The maximum atomic E-state index is 11.9. The Morgan fingerprint density at radius 1 is 1.26 bits per heavy atom. The largest absolute Gasteiger partial charge is 0.482 e. The van der Waals surface area contributed by atoms with Crippen LogP contribution < -0.4 is 10.1 Å². The number of amides is 1. The van der Waals surface area contributed by atoms with Crippen molar-refractivity contribution >= 4 is 11.7 Å². The molecule has 8 heteroatoms. The lowest BCUT2D eigenvalue weighted by molar-refractivity contribution is -0.118. The van der Waals surface area contributed by atoms with Crippen LogP contribution in [0.3, 0.4) is 0 Å². The van der Waals surface area contributed by atoms with Crippen LogP contribution in [-0.2, 0) is 4.79 Å². The molecular weight excluding hydrogens is 298 g/mol. The summed E-state index contributed by atoms with van der Waals surface area (Å²) in [6.45, 7) is 3.57. The van der Waals surface area contributed by atoms with Crippen LogP contribution in [0, 0.1) is 13.8 Å². The molecule has 0 radical (unpaired) electrons. The van der Waals surface area contributed by atoms with Crippen molar-refractivity contribution in [2.45, 2.75) is 13.8 Å². The van der Waals surface area contributed by atoms with E-state index in [0.29, 0.717) is 17.3 Å². The van der Waals surface area contributed by atoms with Crippen LogP contribution in [0.4, 0.5) is 5.82 Å². The van der Waals surface area contributed by atoms with E-state index in [9.17, 15) is 4.79 Å². The number of hydrogen-bond acceptors (Lipinski definition) is 6. The van der Waals surface area contributed by atoms with Crippen molar-refractivity contribution in [3.05, 3.63) is 48.2 Å². The fourth-order valence-corrected chi connectivity index (χ4v) is 2.02. The predicted octanol–water partition coefficient (Wildman–Crippen LogP) is 1.89. The zero-order chi connectivity index (χ0) is 16.2. The molecule has 0 saturated heterocycles. The molecule has 0 saturated carbocycles. The molecule has 2 heterocycles. The molecule has 2 aromatic heterocycles. The van der Waals surface area contributed by atoms with Gasteiger partial charge in [0.15, 0.2) is 12.4 Å². The third-order valence-electron chi connectivity index (χ3n) is 3.07. The van der Waals surface area contributed by atoms with E-state index in [4.69, 9.17) is 9.26 Å². The predicted molar refractivity (Wildman–Crippen MR) is 81.5 cm³/mol. The number of rotatable bonds is 5. The number of nitrogens with one attached hydrogen (secondary N) is 1. The Balaban J connectivity index is 1.69. The highest BCUT2D eigenvalue weighted by molar-refractivity contribution is 5.90. The van der Waals surface area contributed by atoms with Crippen molar-refractivity contribution in [1.82, 2.24) is 19.9 Å². The number of benzene rings is 1. The van der Waals surface area contributed by atoms with E-state index in [1.54, 1.807) is 36.3 Å². The Hall–Kier alpha value is -3.16. The van der Waals surface area contributed by atoms with Crippen LogP contribution in [0.5, 0.6) is 5.75 Å². The van der Waals surface area contributed by atoms with E-state index in [-0.39, 0.29) is 12.5 Å². The molecule has 0 spiro atoms. The second-order valence-corrected chi connectivity index (χ2v) is 5.00. The van der Waals surface area contributed by atoms with Crippen molar-refractivity contribution in [1.29, 1.82) is 0 Å². The van der Waals surface area contributed by atoms with Crippen molar-refractivity contribution in [2.24, 2.45) is 0 Å². The normalized spacial score (nSPS) is 10.5. The zero-order valence-corrected chi connectivity index (χ0v) is 12.7. The minimum atomic E-state index is -0.325. The third kappa shape index (κ3) is 3.54. The number of hydrogen-bond donors (Lipinski definition) is 1. The first-order chi connectivity index (χ1) is 11.1. The van der Waals surface area contributed by atoms with Crippen LogP contribution in [0.25, 0.3) is 5.69 Å². The fraction of sp³-hybridized carbons (Fsp3) is 0.200. The minimum absolute atomic E-state index is 0.149. The quantitative estimate of drug-likeness (QED) is 0.773. The number of anilines is 1. The smallest absolute Gasteiger partial charge is 0.263 e. The summed E-state index contributed by atoms with van der Waals surface area (Å²) < 4.78 is 12.2. The zero-order valence-electron chi connectivity index (χ0n) is 12.7. The van der Waals surface area contributed by atoms with Gasteiger partial charge in [-0.1, -0.05) is 11.2 Å². The number of carbonyl (C=O) groups is 1. The van der Waals surface area contributed by atoms with Gasteiger partial charge in [0, 0.05) is 6.07 Å². The van der Waals surface area contributed by atoms with Gasteiger partial charge in [-0.05, 0) is 31.5 Å². The summed E-state index contributed by atoms with van der Waals surface area (Å²) in [6.07, 6.45) is 3.14. The molecule has 0 aliphatic carbocycles. The summed E-state index contributed by atoms with van der Waals surface area (Å²) >= 11 is 0. The van der Waals surface area contributed by atoms with Gasteiger partial charge in [-0.25, -0.2) is 0 Å². The lowest BCUT2D eigenvalue weighted by atomic mass is 10.2. The lowest BCUT2D eigenvalue weighted by Crippen LogP contribution is -2.20. The Morgan fingerprint density at radius 3 is 2.74 bits per heavy atom. The molecule has 0 aliphatic rings. The van der Waals surface area contributed by atoms with Gasteiger partial charge in [-0.3, -0.25) is 9.36 Å². The highest BCUT2D eigenvalue weighted by Gasteiger charge is 2.11. The van der Waals surface area contributed by atoms with E-state index in [1.165, 1.54) is 0 Å². The maximum Gasteiger partial charge on any atom is 0.263 e. The maximum absolute atomic E-state index is 11.9. The summed E-state index contributed by atoms with van der Waals surface area (Å²) in [5.41, 5.74) is 1.82. The average molecular weight is 313 g/mol. The van der Waals surface area contributed by atoms with E-state index in [0.717, 1.165) is 11.3 Å². The van der Waals surface area contributed by atoms with Crippen LogP contribution in [0.2, 0.25) is 0 Å². The van der Waals surface area contributed by atoms with Gasteiger partial charge in [0.25, 0.3) is 5.91 Å². The van der Waals surface area contributed by atoms with Gasteiger partial charge in [0.05, 0.1) is 5.69 Å². The molecule has 0 atom stereocenters. The van der Waals surface area contributed by atoms with Crippen LogP contribution in [0.15, 0.2) is 41.4 Å². The van der Waals surface area contributed by atoms with Crippen molar-refractivity contribution in [3.8, 4) is 11.4 Å². The first-order valence-electron chi connectivity index (χ1n) is 6.93. The van der Waals surface area contributed by atoms with Gasteiger partial charge in [-0.15, -0.1) is 10.2 Å². The highest BCUT2D eigenvalue weighted by Crippen LogP contribution is 2.23. The van der Waals surface area contributed by atoms with Gasteiger partial charge in [0.1, 0.15) is 24.2 Å². The Bertz CT molecular complexity index is 810. The monoisotopic (exact) mass is 313 g/mol. The van der Waals surface area contributed by atoms with E-state index in [2.05, 4.69) is 20.7 Å². The molecule has 0 fully saturated rings. The van der Waals surface area contributed by atoms with Crippen LogP contribution in [0.1, 0.15) is 11.3 Å². The van der Waals surface area contributed by atoms with Crippen LogP contribution >= 0.6 is 0 Å². The fourth-order valence-electron chi connectivity index (χ4n) is 2.02. The highest BCUT2D eigenvalue weighted by atomic mass is 16.5. The number of carbonyl (C=O) groups excluding carboxylic acids is 1. The Labute approximate surface area is 132 Å².